The third-order valence-corrected chi connectivity index (χ3v) is 6.65. The lowest BCUT2D eigenvalue weighted by atomic mass is 9.75. The zero-order valence-corrected chi connectivity index (χ0v) is 20.5. The minimum absolute atomic E-state index is 0.268. The van der Waals surface area contributed by atoms with Gasteiger partial charge in [-0.3, -0.25) is 10.0 Å². The van der Waals surface area contributed by atoms with Crippen LogP contribution in [-0.4, -0.2) is 71.3 Å². The van der Waals surface area contributed by atoms with E-state index in [9.17, 15) is 14.8 Å². The molecule has 0 radical (unpaired) electrons. The number of nitrogens with zero attached hydrogens (tertiary/aromatic N) is 4. The highest BCUT2D eigenvalue weighted by molar-refractivity contribution is 6.30. The van der Waals surface area contributed by atoms with E-state index in [0.717, 1.165) is 22.7 Å². The number of esters is 1. The van der Waals surface area contributed by atoms with Gasteiger partial charge in [0.05, 0.1) is 31.3 Å². The molecular weight excluding hydrogens is 472 g/mol. The van der Waals surface area contributed by atoms with Gasteiger partial charge in [0.25, 0.3) is 0 Å². The van der Waals surface area contributed by atoms with Crippen LogP contribution in [-0.2, 0) is 14.9 Å². The summed E-state index contributed by atoms with van der Waals surface area (Å²) in [6.07, 6.45) is 0.609. The van der Waals surface area contributed by atoms with E-state index in [0.29, 0.717) is 28.6 Å². The summed E-state index contributed by atoms with van der Waals surface area (Å²) in [7, 11) is 4.24. The van der Waals surface area contributed by atoms with Crippen molar-refractivity contribution < 1.29 is 24.3 Å². The van der Waals surface area contributed by atoms with Crippen LogP contribution in [0.2, 0.25) is 5.02 Å². The molecule has 1 aliphatic rings. The molecule has 35 heavy (non-hydrogen) atoms. The van der Waals surface area contributed by atoms with E-state index in [1.165, 1.54) is 19.1 Å². The summed E-state index contributed by atoms with van der Waals surface area (Å²) >= 11 is 6.10. The van der Waals surface area contributed by atoms with Crippen molar-refractivity contribution in [1.82, 2.24) is 19.7 Å². The Morgan fingerprint density at radius 1 is 1.06 bits per heavy atom. The first kappa shape index (κ1) is 24.6. The zero-order chi connectivity index (χ0) is 25.2. The Hall–Kier alpha value is -3.56. The summed E-state index contributed by atoms with van der Waals surface area (Å²) in [5.74, 6) is 0.312. The fourth-order valence-corrected chi connectivity index (χ4v) is 4.53. The third kappa shape index (κ3) is 4.69. The van der Waals surface area contributed by atoms with E-state index in [1.54, 1.807) is 23.9 Å². The van der Waals surface area contributed by atoms with Crippen molar-refractivity contribution in [2.24, 2.45) is 0 Å². The van der Waals surface area contributed by atoms with E-state index < -0.39 is 17.4 Å². The molecule has 1 aliphatic heterocycles. The molecule has 0 atom stereocenters. The van der Waals surface area contributed by atoms with Crippen LogP contribution in [0.5, 0.6) is 5.75 Å². The smallest absolute Gasteiger partial charge is 0.343 e. The van der Waals surface area contributed by atoms with Crippen LogP contribution in [0.4, 0.5) is 4.79 Å². The van der Waals surface area contributed by atoms with Crippen LogP contribution in [0.25, 0.3) is 16.9 Å². The van der Waals surface area contributed by atoms with Crippen molar-refractivity contribution >= 4 is 23.6 Å². The number of methoxy groups -OCH3 is 2. The van der Waals surface area contributed by atoms with Crippen molar-refractivity contribution in [3.05, 3.63) is 65.3 Å². The van der Waals surface area contributed by atoms with E-state index >= 15 is 0 Å². The number of benzene rings is 2. The minimum Gasteiger partial charge on any atom is -0.497 e. The number of piperidine rings is 1. The van der Waals surface area contributed by atoms with Gasteiger partial charge in [0.2, 0.25) is 0 Å². The maximum Gasteiger partial charge on any atom is 0.343 e. The van der Waals surface area contributed by atoms with Crippen LogP contribution in [0.15, 0.2) is 54.6 Å². The summed E-state index contributed by atoms with van der Waals surface area (Å²) in [6.45, 7) is 0.537. The van der Waals surface area contributed by atoms with E-state index in [4.69, 9.17) is 26.2 Å². The average molecular weight is 499 g/mol. The van der Waals surface area contributed by atoms with Crippen LogP contribution in [0, 0.1) is 0 Å². The fraction of sp³-hybridized carbons (Fsp3) is 0.320. The Morgan fingerprint density at radius 2 is 1.69 bits per heavy atom. The molecular formula is C25H27ClN4O5. The van der Waals surface area contributed by atoms with Gasteiger partial charge >= 0.3 is 12.0 Å². The molecule has 1 fully saturated rings. The number of likely N-dealkylation sites (tertiary alicyclic amines) is 1. The normalized spacial score (nSPS) is 14.9. The van der Waals surface area contributed by atoms with Gasteiger partial charge in [-0.15, -0.1) is 0 Å². The van der Waals surface area contributed by atoms with Gasteiger partial charge < -0.3 is 14.4 Å². The Bertz CT molecular complexity index is 1200. The maximum atomic E-state index is 13.2. The molecule has 0 saturated carbocycles. The molecule has 1 aromatic heterocycles. The van der Waals surface area contributed by atoms with Crippen LogP contribution >= 0.6 is 11.6 Å². The Kier molecular flexibility index (Phi) is 7.00. The minimum atomic E-state index is -1.04. The predicted molar refractivity (Wildman–Crippen MR) is 130 cm³/mol. The lowest BCUT2D eigenvalue weighted by Gasteiger charge is -2.39. The van der Waals surface area contributed by atoms with Gasteiger partial charge in [-0.25, -0.2) is 14.5 Å². The molecule has 0 spiro atoms. The van der Waals surface area contributed by atoms with E-state index in [-0.39, 0.29) is 13.1 Å². The number of aromatic nitrogens is 2. The largest absolute Gasteiger partial charge is 0.497 e. The fourth-order valence-electron chi connectivity index (χ4n) is 4.41. The van der Waals surface area contributed by atoms with Crippen molar-refractivity contribution in [1.29, 1.82) is 0 Å². The van der Waals surface area contributed by atoms with Gasteiger partial charge in [0.1, 0.15) is 11.2 Å². The van der Waals surface area contributed by atoms with Gasteiger partial charge in [0, 0.05) is 30.7 Å². The van der Waals surface area contributed by atoms with E-state index in [1.807, 2.05) is 42.5 Å². The molecule has 2 heterocycles. The van der Waals surface area contributed by atoms with Crippen molar-refractivity contribution in [2.75, 3.05) is 34.4 Å². The molecule has 0 aliphatic carbocycles. The van der Waals surface area contributed by atoms with Crippen LogP contribution in [0.3, 0.4) is 0 Å². The maximum absolute atomic E-state index is 13.2. The van der Waals surface area contributed by atoms with E-state index in [2.05, 4.69) is 0 Å². The first-order valence-corrected chi connectivity index (χ1v) is 11.5. The lowest BCUT2D eigenvalue weighted by molar-refractivity contribution is -0.149. The molecule has 0 unspecified atom stereocenters. The molecule has 10 heteroatoms. The molecule has 1 N–H and O–H groups in total. The Labute approximate surface area is 208 Å². The number of hydrogen-bond donors (Lipinski definition) is 1. The monoisotopic (exact) mass is 498 g/mol. The lowest BCUT2D eigenvalue weighted by Crippen LogP contribution is -2.51. The number of carbonyl (C=O) groups excluding carboxylic acids is 2. The number of rotatable bonds is 5. The molecule has 4 rings (SSSR count). The molecule has 0 bridgehead atoms. The van der Waals surface area contributed by atoms with Gasteiger partial charge in [0.15, 0.2) is 0 Å². The first-order valence-electron chi connectivity index (χ1n) is 11.1. The molecule has 1 saturated heterocycles. The number of halogens is 1. The number of carbonyl (C=O) groups is 2. The molecule has 2 aromatic carbocycles. The Balaban J connectivity index is 1.80. The standard InChI is InChI=1S/C25H27ClN4O5/c1-28(33)24(32)29-14-12-25(13-15-29,23(31)35-3)22-16-21(17-4-10-20(34-2)11-5-17)30(27-22)19-8-6-18(26)7-9-19/h4-11,16,33H,12-15H2,1-3H3. The van der Waals surface area contributed by atoms with Crippen molar-refractivity contribution in [3.8, 4) is 22.7 Å². The summed E-state index contributed by atoms with van der Waals surface area (Å²) in [6, 6.07) is 16.2. The Morgan fingerprint density at radius 3 is 2.23 bits per heavy atom. The number of amides is 2. The highest BCUT2D eigenvalue weighted by atomic mass is 35.5. The second kappa shape index (κ2) is 9.97. The first-order chi connectivity index (χ1) is 16.8. The molecule has 2 amide bonds. The second-order valence-electron chi connectivity index (χ2n) is 8.40. The SMILES string of the molecule is COC(=O)C1(c2cc(-c3ccc(OC)cc3)n(-c3ccc(Cl)cc3)n2)CCN(C(=O)N(C)O)CC1. The topological polar surface area (TPSA) is 97.1 Å². The van der Waals surface area contributed by atoms with Crippen molar-refractivity contribution in [2.45, 2.75) is 18.3 Å². The number of ether oxygens (including phenoxy) is 2. The van der Waals surface area contributed by atoms with Gasteiger partial charge in [-0.05, 0) is 67.4 Å². The number of urea groups is 1. The zero-order valence-electron chi connectivity index (χ0n) is 19.8. The number of hydrogen-bond acceptors (Lipinski definition) is 6. The van der Waals surface area contributed by atoms with Crippen molar-refractivity contribution in [3.63, 3.8) is 0 Å². The third-order valence-electron chi connectivity index (χ3n) is 6.40. The van der Waals surface area contributed by atoms with Gasteiger partial charge in [-0.1, -0.05) is 11.6 Å². The molecule has 9 nitrogen and oxygen atoms in total. The van der Waals surface area contributed by atoms with Crippen LogP contribution in [0.1, 0.15) is 18.5 Å². The van der Waals surface area contributed by atoms with Crippen LogP contribution < -0.4 is 4.74 Å². The second-order valence-corrected chi connectivity index (χ2v) is 8.83. The summed E-state index contributed by atoms with van der Waals surface area (Å²) in [5.41, 5.74) is 1.95. The predicted octanol–water partition coefficient (Wildman–Crippen LogP) is 4.15. The summed E-state index contributed by atoms with van der Waals surface area (Å²) < 4.78 is 12.3. The quantitative estimate of drug-likeness (QED) is 0.322. The average Bonchev–Trinajstić information content (AvgIpc) is 3.34. The molecule has 3 aromatic rings. The van der Waals surface area contributed by atoms with Gasteiger partial charge in [-0.2, -0.15) is 5.10 Å². The number of hydroxylamine groups is 2. The molecule has 184 valence electrons. The highest BCUT2D eigenvalue weighted by Crippen LogP contribution is 2.39. The summed E-state index contributed by atoms with van der Waals surface area (Å²) in [4.78, 5) is 26.9. The highest BCUT2D eigenvalue weighted by Gasteiger charge is 2.47. The summed E-state index contributed by atoms with van der Waals surface area (Å²) in [5, 5.41) is 15.6.